The molecule has 0 spiro atoms. The third kappa shape index (κ3) is 7.19. The number of hydrogen-bond acceptors (Lipinski definition) is 7. The Labute approximate surface area is 201 Å². The van der Waals surface area contributed by atoms with Crippen LogP contribution in [-0.4, -0.2) is 40.7 Å². The van der Waals surface area contributed by atoms with Crippen LogP contribution in [0.25, 0.3) is 6.08 Å². The number of carboxylic acid groups (broad SMARTS) is 1. The summed E-state index contributed by atoms with van der Waals surface area (Å²) in [4.78, 5) is 47.2. The van der Waals surface area contributed by atoms with Crippen LogP contribution in [-0.2, 0) is 16.1 Å². The summed E-state index contributed by atoms with van der Waals surface area (Å²) in [6, 6.07) is 13.4. The number of unbranched alkanes of at least 4 members (excludes halogenated alkanes) is 1. The molecule has 1 atom stereocenters. The van der Waals surface area contributed by atoms with Gasteiger partial charge in [0.2, 0.25) is 0 Å². The summed E-state index contributed by atoms with van der Waals surface area (Å²) in [6.07, 6.45) is 3.32. The second-order valence-corrected chi connectivity index (χ2v) is 8.69. The largest absolute Gasteiger partial charge is 0.480 e. The van der Waals surface area contributed by atoms with Crippen molar-refractivity contribution in [3.05, 3.63) is 70.1 Å². The normalized spacial score (nSPS) is 15.1. The lowest BCUT2D eigenvalue weighted by Gasteiger charge is -2.14. The van der Waals surface area contributed by atoms with E-state index in [9.17, 15) is 24.3 Å². The van der Waals surface area contributed by atoms with Crippen molar-refractivity contribution in [1.29, 1.82) is 0 Å². The van der Waals surface area contributed by atoms with Crippen LogP contribution in [0.1, 0.15) is 40.7 Å². The second kappa shape index (κ2) is 12.0. The number of hydrogen-bond donors (Lipinski definition) is 5. The molecule has 3 rings (SSSR count). The first kappa shape index (κ1) is 25.0. The van der Waals surface area contributed by atoms with E-state index in [1.807, 2.05) is 24.3 Å². The zero-order valence-electron chi connectivity index (χ0n) is 18.4. The van der Waals surface area contributed by atoms with Crippen molar-refractivity contribution in [2.24, 2.45) is 5.73 Å². The number of carboxylic acids is 1. The summed E-state index contributed by atoms with van der Waals surface area (Å²) < 4.78 is 0. The molecule has 0 radical (unpaired) electrons. The van der Waals surface area contributed by atoms with Crippen molar-refractivity contribution in [2.75, 3.05) is 11.9 Å². The van der Waals surface area contributed by atoms with Gasteiger partial charge in [-0.1, -0.05) is 24.3 Å². The van der Waals surface area contributed by atoms with Gasteiger partial charge in [0.25, 0.3) is 17.1 Å². The van der Waals surface area contributed by atoms with Gasteiger partial charge in [-0.3, -0.25) is 19.7 Å². The van der Waals surface area contributed by atoms with Gasteiger partial charge < -0.3 is 21.5 Å². The Morgan fingerprint density at radius 3 is 2.53 bits per heavy atom. The van der Waals surface area contributed by atoms with E-state index in [0.29, 0.717) is 42.8 Å². The number of anilines is 1. The Kier molecular flexibility index (Phi) is 8.83. The number of rotatable bonds is 11. The molecule has 0 unspecified atom stereocenters. The highest BCUT2D eigenvalue weighted by molar-refractivity contribution is 8.18. The standard InChI is InChI=1S/C24H26N4O5S/c25-11-2-1-6-19(23(31)32)27-21(29)17-9-7-15(8-10-17)14-26-18-5-3-4-16(12-18)13-20-22(30)28-24(33)34-20/h3-5,7-10,12-13,19,26H,1-2,6,11,14,25H2,(H,27,29)(H,31,32)(H,28,30,33)/b20-13-/t19-/m0/s1. The number of thioether (sulfide) groups is 1. The number of amides is 3. The quantitative estimate of drug-likeness (QED) is 0.242. The van der Waals surface area contributed by atoms with Crippen molar-refractivity contribution < 1.29 is 24.3 Å². The van der Waals surface area contributed by atoms with Gasteiger partial charge in [-0.2, -0.15) is 0 Å². The predicted octanol–water partition coefficient (Wildman–Crippen LogP) is 2.93. The van der Waals surface area contributed by atoms with Crippen LogP contribution in [0.2, 0.25) is 0 Å². The molecule has 0 saturated carbocycles. The molecule has 0 bridgehead atoms. The minimum absolute atomic E-state index is 0.329. The lowest BCUT2D eigenvalue weighted by atomic mass is 10.1. The minimum Gasteiger partial charge on any atom is -0.480 e. The van der Waals surface area contributed by atoms with E-state index in [1.54, 1.807) is 30.3 Å². The summed E-state index contributed by atoms with van der Waals surface area (Å²) in [5, 5.41) is 17.0. The van der Waals surface area contributed by atoms with Crippen LogP contribution in [0, 0.1) is 0 Å². The van der Waals surface area contributed by atoms with Crippen molar-refractivity contribution in [2.45, 2.75) is 31.8 Å². The molecule has 2 aromatic rings. The van der Waals surface area contributed by atoms with E-state index in [4.69, 9.17) is 5.73 Å². The number of carbonyl (C=O) groups excluding carboxylic acids is 3. The third-order valence-corrected chi connectivity index (χ3v) is 5.90. The maximum Gasteiger partial charge on any atom is 0.326 e. The molecule has 2 aromatic carbocycles. The monoisotopic (exact) mass is 482 g/mol. The summed E-state index contributed by atoms with van der Waals surface area (Å²) in [5.41, 5.74) is 8.35. The molecule has 1 aliphatic heterocycles. The summed E-state index contributed by atoms with van der Waals surface area (Å²) in [7, 11) is 0. The Bertz CT molecular complexity index is 1100. The number of imide groups is 1. The fourth-order valence-electron chi connectivity index (χ4n) is 3.28. The summed E-state index contributed by atoms with van der Waals surface area (Å²) in [6.45, 7) is 0.974. The van der Waals surface area contributed by atoms with Gasteiger partial charge in [0.05, 0.1) is 4.91 Å². The fourth-order valence-corrected chi connectivity index (χ4v) is 3.96. The van der Waals surface area contributed by atoms with Gasteiger partial charge in [-0.25, -0.2) is 4.79 Å². The lowest BCUT2D eigenvalue weighted by Crippen LogP contribution is -2.40. The highest BCUT2D eigenvalue weighted by Crippen LogP contribution is 2.26. The molecule has 0 aromatic heterocycles. The van der Waals surface area contributed by atoms with Crippen molar-refractivity contribution in [1.82, 2.24) is 10.6 Å². The topological polar surface area (TPSA) is 151 Å². The third-order valence-electron chi connectivity index (χ3n) is 5.09. The van der Waals surface area contributed by atoms with Crippen LogP contribution in [0.15, 0.2) is 53.4 Å². The zero-order chi connectivity index (χ0) is 24.5. The molecule has 0 aliphatic carbocycles. The van der Waals surface area contributed by atoms with Gasteiger partial charge >= 0.3 is 5.97 Å². The molecular formula is C24H26N4O5S. The number of nitrogens with two attached hydrogens (primary N) is 1. The first-order chi connectivity index (χ1) is 16.4. The Hall–Kier alpha value is -3.63. The molecule has 6 N–H and O–H groups in total. The molecule has 10 heteroatoms. The average molecular weight is 483 g/mol. The maximum atomic E-state index is 12.4. The Morgan fingerprint density at radius 1 is 1.12 bits per heavy atom. The predicted molar refractivity (Wildman–Crippen MR) is 131 cm³/mol. The van der Waals surface area contributed by atoms with Gasteiger partial charge in [-0.15, -0.1) is 0 Å². The van der Waals surface area contributed by atoms with E-state index in [-0.39, 0.29) is 5.24 Å². The SMILES string of the molecule is NCCCC[C@H](NC(=O)c1ccc(CNc2cccc(/C=C3\SC(=O)NC3=O)c2)cc1)C(=O)O. The van der Waals surface area contributed by atoms with E-state index in [1.165, 1.54) is 0 Å². The molecule has 9 nitrogen and oxygen atoms in total. The van der Waals surface area contributed by atoms with Crippen LogP contribution >= 0.6 is 11.8 Å². The molecule has 1 aliphatic rings. The van der Waals surface area contributed by atoms with Gasteiger partial charge in [0.15, 0.2) is 0 Å². The van der Waals surface area contributed by atoms with Crippen molar-refractivity contribution in [3.8, 4) is 0 Å². The van der Waals surface area contributed by atoms with Gasteiger partial charge in [0, 0.05) is 17.8 Å². The van der Waals surface area contributed by atoms with Crippen LogP contribution in [0.3, 0.4) is 0 Å². The average Bonchev–Trinajstić information content (AvgIpc) is 3.13. The smallest absolute Gasteiger partial charge is 0.326 e. The highest BCUT2D eigenvalue weighted by atomic mass is 32.2. The van der Waals surface area contributed by atoms with Crippen LogP contribution in [0.5, 0.6) is 0 Å². The molecule has 1 fully saturated rings. The highest BCUT2D eigenvalue weighted by Gasteiger charge is 2.25. The summed E-state index contributed by atoms with van der Waals surface area (Å²) >= 11 is 0.869. The number of benzene rings is 2. The molecule has 3 amide bonds. The zero-order valence-corrected chi connectivity index (χ0v) is 19.2. The first-order valence-electron chi connectivity index (χ1n) is 10.8. The molecule has 34 heavy (non-hydrogen) atoms. The van der Waals surface area contributed by atoms with E-state index < -0.39 is 23.8 Å². The Morgan fingerprint density at radius 2 is 1.88 bits per heavy atom. The molecular weight excluding hydrogens is 456 g/mol. The number of aliphatic carboxylic acids is 1. The molecule has 1 heterocycles. The van der Waals surface area contributed by atoms with Gasteiger partial charge in [-0.05, 0) is 79.0 Å². The number of carbonyl (C=O) groups is 4. The molecule has 1 saturated heterocycles. The maximum absolute atomic E-state index is 12.4. The number of nitrogens with one attached hydrogen (secondary N) is 3. The second-order valence-electron chi connectivity index (χ2n) is 7.68. The molecule has 178 valence electrons. The first-order valence-corrected chi connectivity index (χ1v) is 11.6. The van der Waals surface area contributed by atoms with Crippen LogP contribution in [0.4, 0.5) is 10.5 Å². The van der Waals surface area contributed by atoms with E-state index in [0.717, 1.165) is 28.6 Å². The van der Waals surface area contributed by atoms with Crippen LogP contribution < -0.4 is 21.7 Å². The minimum atomic E-state index is -1.07. The van der Waals surface area contributed by atoms with Gasteiger partial charge in [0.1, 0.15) is 6.04 Å². The van der Waals surface area contributed by atoms with Crippen molar-refractivity contribution in [3.63, 3.8) is 0 Å². The van der Waals surface area contributed by atoms with E-state index >= 15 is 0 Å². The Balaban J connectivity index is 1.56. The fraction of sp³-hybridized carbons (Fsp3) is 0.250. The van der Waals surface area contributed by atoms with Crippen molar-refractivity contribution >= 4 is 46.5 Å². The summed E-state index contributed by atoms with van der Waals surface area (Å²) in [5.74, 6) is -1.90. The lowest BCUT2D eigenvalue weighted by molar-refractivity contribution is -0.139. The van der Waals surface area contributed by atoms with E-state index in [2.05, 4.69) is 16.0 Å².